The smallest absolute Gasteiger partial charge is 0.108 e. The Morgan fingerprint density at radius 2 is 1.94 bits per heavy atom. The highest BCUT2D eigenvalue weighted by molar-refractivity contribution is 6.11. The van der Waals surface area contributed by atoms with E-state index in [4.69, 9.17) is 0 Å². The van der Waals surface area contributed by atoms with E-state index in [1.165, 1.54) is 5.57 Å². The maximum atomic E-state index is 4.50. The lowest BCUT2D eigenvalue weighted by atomic mass is 10.00. The van der Waals surface area contributed by atoms with Crippen LogP contribution >= 0.6 is 0 Å². The van der Waals surface area contributed by atoms with Gasteiger partial charge < -0.3 is 5.32 Å². The molecule has 1 aliphatic carbocycles. The quantitative estimate of drug-likeness (QED) is 0.843. The van der Waals surface area contributed by atoms with Gasteiger partial charge in [-0.25, -0.2) is 0 Å². The third kappa shape index (κ3) is 3.20. The molecule has 0 fully saturated rings. The Morgan fingerprint density at radius 3 is 2.61 bits per heavy atom. The van der Waals surface area contributed by atoms with Crippen LogP contribution in [0, 0.1) is 0 Å². The van der Waals surface area contributed by atoms with Crippen LogP contribution in [0.25, 0.3) is 0 Å². The van der Waals surface area contributed by atoms with Crippen LogP contribution in [-0.2, 0) is 0 Å². The fraction of sp³-hybridized carbons (Fsp3) is 0.188. The molecule has 0 heterocycles. The molecule has 1 aliphatic rings. The monoisotopic (exact) mass is 238 g/mol. The fourth-order valence-corrected chi connectivity index (χ4v) is 1.79. The van der Waals surface area contributed by atoms with Gasteiger partial charge in [0.2, 0.25) is 0 Å². The summed E-state index contributed by atoms with van der Waals surface area (Å²) in [6, 6.07) is 10.1. The molecule has 0 atom stereocenters. The summed E-state index contributed by atoms with van der Waals surface area (Å²) < 4.78 is 0. The van der Waals surface area contributed by atoms with Crippen molar-refractivity contribution in [2.45, 2.75) is 13.3 Å². The molecule has 0 radical (unpaired) electrons. The lowest BCUT2D eigenvalue weighted by Crippen LogP contribution is -2.06. The lowest BCUT2D eigenvalue weighted by molar-refractivity contribution is 1.12. The van der Waals surface area contributed by atoms with Crippen LogP contribution in [-0.4, -0.2) is 12.4 Å². The van der Waals surface area contributed by atoms with E-state index in [0.717, 1.165) is 23.4 Å². The number of benzene rings is 1. The van der Waals surface area contributed by atoms with Crippen LogP contribution in [0.2, 0.25) is 0 Å². The number of allylic oxidation sites excluding steroid dienone is 5. The van der Waals surface area contributed by atoms with Gasteiger partial charge >= 0.3 is 0 Å². The van der Waals surface area contributed by atoms with Crippen molar-refractivity contribution in [3.05, 3.63) is 66.3 Å². The lowest BCUT2D eigenvalue weighted by Gasteiger charge is -2.10. The van der Waals surface area contributed by atoms with Crippen LogP contribution < -0.4 is 5.32 Å². The Balaban J connectivity index is 1.94. The second-order valence-corrected chi connectivity index (χ2v) is 4.18. The maximum absolute atomic E-state index is 4.50. The minimum Gasteiger partial charge on any atom is -0.366 e. The summed E-state index contributed by atoms with van der Waals surface area (Å²) in [5.41, 5.74) is 4.33. The summed E-state index contributed by atoms with van der Waals surface area (Å²) in [4.78, 5) is 4.50. The standard InChI is InChI=1S/C16H18N2/c1-3-14-9-10-16(13(2)11-14)18-12-17-15-7-5-4-6-8-15/h4-11,17H,2-3,12H2,1H3/b18-16+. The number of hydrogen-bond donors (Lipinski definition) is 1. The third-order valence-electron chi connectivity index (χ3n) is 2.86. The minimum absolute atomic E-state index is 0.567. The molecule has 0 aromatic heterocycles. The molecule has 0 amide bonds. The van der Waals surface area contributed by atoms with Crippen molar-refractivity contribution in [3.63, 3.8) is 0 Å². The molecule has 0 spiro atoms. The molecular weight excluding hydrogens is 220 g/mol. The second-order valence-electron chi connectivity index (χ2n) is 4.18. The van der Waals surface area contributed by atoms with E-state index in [9.17, 15) is 0 Å². The highest BCUT2D eigenvalue weighted by Gasteiger charge is 2.04. The van der Waals surface area contributed by atoms with Gasteiger partial charge in [0.15, 0.2) is 0 Å². The van der Waals surface area contributed by atoms with Crippen molar-refractivity contribution in [3.8, 4) is 0 Å². The maximum Gasteiger partial charge on any atom is 0.108 e. The summed E-state index contributed by atoms with van der Waals surface area (Å²) >= 11 is 0. The summed E-state index contributed by atoms with van der Waals surface area (Å²) in [5.74, 6) is 0. The summed E-state index contributed by atoms with van der Waals surface area (Å²) in [7, 11) is 0. The van der Waals surface area contributed by atoms with Crippen molar-refractivity contribution < 1.29 is 0 Å². The van der Waals surface area contributed by atoms with Crippen LogP contribution in [0.5, 0.6) is 0 Å². The Labute approximate surface area is 108 Å². The molecule has 0 saturated heterocycles. The number of aliphatic imine (C=N–C) groups is 1. The number of rotatable bonds is 4. The van der Waals surface area contributed by atoms with Gasteiger partial charge in [-0.05, 0) is 35.8 Å². The van der Waals surface area contributed by atoms with Gasteiger partial charge in [0.1, 0.15) is 6.67 Å². The molecule has 18 heavy (non-hydrogen) atoms. The van der Waals surface area contributed by atoms with Gasteiger partial charge in [-0.15, -0.1) is 0 Å². The van der Waals surface area contributed by atoms with E-state index < -0.39 is 0 Å². The highest BCUT2D eigenvalue weighted by atomic mass is 15.0. The first-order valence-corrected chi connectivity index (χ1v) is 6.21. The van der Waals surface area contributed by atoms with Gasteiger partial charge in [0.05, 0.1) is 5.71 Å². The minimum atomic E-state index is 0.567. The fourth-order valence-electron chi connectivity index (χ4n) is 1.79. The Hall–Kier alpha value is -2.09. The molecule has 92 valence electrons. The summed E-state index contributed by atoms with van der Waals surface area (Å²) in [6.07, 6.45) is 7.27. The normalized spacial score (nSPS) is 16.8. The third-order valence-corrected chi connectivity index (χ3v) is 2.86. The number of nitrogens with one attached hydrogen (secondary N) is 1. The van der Waals surface area contributed by atoms with Gasteiger partial charge in [-0.1, -0.05) is 43.9 Å². The topological polar surface area (TPSA) is 24.4 Å². The zero-order valence-corrected chi connectivity index (χ0v) is 10.7. The second kappa shape index (κ2) is 6.01. The van der Waals surface area contributed by atoms with Gasteiger partial charge in [0.25, 0.3) is 0 Å². The Morgan fingerprint density at radius 1 is 1.17 bits per heavy atom. The number of hydrogen-bond acceptors (Lipinski definition) is 2. The highest BCUT2D eigenvalue weighted by Crippen LogP contribution is 2.15. The molecule has 1 aromatic carbocycles. The molecule has 0 bridgehead atoms. The molecule has 0 aliphatic heterocycles. The zero-order chi connectivity index (χ0) is 12.8. The van der Waals surface area contributed by atoms with Gasteiger partial charge in [-0.3, -0.25) is 4.99 Å². The average Bonchev–Trinajstić information content (AvgIpc) is 2.42. The predicted molar refractivity (Wildman–Crippen MR) is 79.0 cm³/mol. The van der Waals surface area contributed by atoms with E-state index in [2.05, 4.69) is 36.0 Å². The summed E-state index contributed by atoms with van der Waals surface area (Å²) in [5, 5.41) is 3.25. The molecule has 0 unspecified atom stereocenters. The first kappa shape index (κ1) is 12.4. The molecular formula is C16H18N2. The summed E-state index contributed by atoms with van der Waals surface area (Å²) in [6.45, 7) is 6.74. The van der Waals surface area contributed by atoms with E-state index in [0.29, 0.717) is 6.67 Å². The van der Waals surface area contributed by atoms with E-state index in [-0.39, 0.29) is 0 Å². The van der Waals surface area contributed by atoms with Crippen molar-refractivity contribution >= 4 is 11.4 Å². The van der Waals surface area contributed by atoms with Gasteiger partial charge in [0, 0.05) is 5.69 Å². The van der Waals surface area contributed by atoms with Crippen LogP contribution in [0.15, 0.2) is 71.3 Å². The van der Waals surface area contributed by atoms with Crippen molar-refractivity contribution in [2.75, 3.05) is 12.0 Å². The van der Waals surface area contributed by atoms with Crippen LogP contribution in [0.4, 0.5) is 5.69 Å². The molecule has 2 rings (SSSR count). The van der Waals surface area contributed by atoms with Crippen molar-refractivity contribution in [1.82, 2.24) is 0 Å². The molecule has 2 nitrogen and oxygen atoms in total. The van der Waals surface area contributed by atoms with Crippen molar-refractivity contribution in [1.29, 1.82) is 0 Å². The van der Waals surface area contributed by atoms with Crippen LogP contribution in [0.3, 0.4) is 0 Å². The molecule has 2 heteroatoms. The number of nitrogens with zero attached hydrogens (tertiary/aromatic N) is 1. The van der Waals surface area contributed by atoms with Crippen LogP contribution in [0.1, 0.15) is 13.3 Å². The zero-order valence-electron chi connectivity index (χ0n) is 10.7. The van der Waals surface area contributed by atoms with Crippen molar-refractivity contribution in [2.24, 2.45) is 4.99 Å². The van der Waals surface area contributed by atoms with E-state index in [1.54, 1.807) is 0 Å². The molecule has 1 N–H and O–H groups in total. The first-order valence-electron chi connectivity index (χ1n) is 6.21. The number of para-hydroxylation sites is 1. The van der Waals surface area contributed by atoms with Gasteiger partial charge in [-0.2, -0.15) is 0 Å². The first-order chi connectivity index (χ1) is 8.79. The Kier molecular flexibility index (Phi) is 4.13. The number of anilines is 1. The average molecular weight is 238 g/mol. The SMILES string of the molecule is C=C1C=C(CC)C=C/C1=N\CNc1ccccc1. The predicted octanol–water partition coefficient (Wildman–Crippen LogP) is 3.96. The molecule has 0 saturated carbocycles. The van der Waals surface area contributed by atoms with E-state index >= 15 is 0 Å². The Bertz CT molecular complexity index is 507. The largest absolute Gasteiger partial charge is 0.366 e. The molecule has 1 aromatic rings. The van der Waals surface area contributed by atoms with E-state index in [1.807, 2.05) is 36.4 Å².